The van der Waals surface area contributed by atoms with E-state index < -0.39 is 0 Å². The predicted octanol–water partition coefficient (Wildman–Crippen LogP) is 4.19. The van der Waals surface area contributed by atoms with Crippen molar-refractivity contribution in [2.45, 2.75) is 0 Å². The highest BCUT2D eigenvalue weighted by Gasteiger charge is 2.15. The van der Waals surface area contributed by atoms with Gasteiger partial charge >= 0.3 is 0 Å². The Kier molecular flexibility index (Phi) is 5.39. The lowest BCUT2D eigenvalue weighted by Gasteiger charge is -2.25. The van der Waals surface area contributed by atoms with E-state index in [9.17, 15) is 4.79 Å². The molecule has 5 heteroatoms. The summed E-state index contributed by atoms with van der Waals surface area (Å²) in [5.41, 5.74) is 5.09. The third-order valence-electron chi connectivity index (χ3n) is 3.86. The number of ether oxygens (including phenoxy) is 2. The average Bonchev–Trinajstić information content (AvgIpc) is 2.72. The van der Waals surface area contributed by atoms with Crippen molar-refractivity contribution in [2.75, 3.05) is 19.2 Å². The lowest BCUT2D eigenvalue weighted by molar-refractivity contribution is 0.0953. The maximum absolute atomic E-state index is 12.9. The predicted molar refractivity (Wildman–Crippen MR) is 102 cm³/mol. The first kappa shape index (κ1) is 17.4. The molecule has 0 aliphatic heterocycles. The minimum Gasteiger partial charge on any atom is -0.497 e. The summed E-state index contributed by atoms with van der Waals surface area (Å²) < 4.78 is 10.5. The van der Waals surface area contributed by atoms with E-state index in [4.69, 9.17) is 9.47 Å². The molecule has 3 aromatic carbocycles. The van der Waals surface area contributed by atoms with Gasteiger partial charge in [-0.25, -0.2) is 0 Å². The van der Waals surface area contributed by atoms with Crippen molar-refractivity contribution in [3.63, 3.8) is 0 Å². The molecule has 0 aliphatic carbocycles. The molecule has 0 bridgehead atoms. The van der Waals surface area contributed by atoms with Gasteiger partial charge in [-0.3, -0.25) is 15.2 Å². The Bertz CT molecular complexity index is 805. The van der Waals surface area contributed by atoms with Crippen LogP contribution in [0.25, 0.3) is 0 Å². The number of para-hydroxylation sites is 2. The summed E-state index contributed by atoms with van der Waals surface area (Å²) >= 11 is 0. The molecule has 3 aromatic rings. The van der Waals surface area contributed by atoms with Gasteiger partial charge in [0.05, 0.1) is 25.6 Å². The minimum atomic E-state index is -0.269. The van der Waals surface area contributed by atoms with Crippen LogP contribution in [0, 0.1) is 0 Å². The molecule has 0 unspecified atom stereocenters. The number of nitrogens with zero attached hydrogens (tertiary/aromatic N) is 1. The van der Waals surface area contributed by atoms with E-state index in [-0.39, 0.29) is 5.91 Å². The van der Waals surface area contributed by atoms with Crippen molar-refractivity contribution < 1.29 is 14.3 Å². The molecule has 0 aromatic heterocycles. The second kappa shape index (κ2) is 8.07. The van der Waals surface area contributed by atoms with Gasteiger partial charge in [0.25, 0.3) is 5.91 Å². The van der Waals surface area contributed by atoms with E-state index in [1.54, 1.807) is 37.4 Å². The molecule has 0 fully saturated rings. The highest BCUT2D eigenvalue weighted by atomic mass is 16.5. The number of methoxy groups -OCH3 is 2. The van der Waals surface area contributed by atoms with E-state index in [2.05, 4.69) is 5.43 Å². The number of benzene rings is 3. The molecule has 132 valence electrons. The van der Waals surface area contributed by atoms with Crippen LogP contribution < -0.4 is 19.9 Å². The fourth-order valence-electron chi connectivity index (χ4n) is 2.54. The molecule has 0 atom stereocenters. The Morgan fingerprint density at radius 2 is 1.23 bits per heavy atom. The van der Waals surface area contributed by atoms with Crippen LogP contribution in [-0.2, 0) is 0 Å². The summed E-state index contributed by atoms with van der Waals surface area (Å²) in [6.45, 7) is 0. The third-order valence-corrected chi connectivity index (χ3v) is 3.86. The number of hydrogen-bond donors (Lipinski definition) is 1. The van der Waals surface area contributed by atoms with E-state index in [1.165, 1.54) is 0 Å². The summed E-state index contributed by atoms with van der Waals surface area (Å²) in [5.74, 6) is 0.843. The molecule has 3 rings (SSSR count). The monoisotopic (exact) mass is 348 g/mol. The molecule has 5 nitrogen and oxygen atoms in total. The molecule has 1 N–H and O–H groups in total. The lowest BCUT2D eigenvalue weighted by atomic mass is 10.2. The Morgan fingerprint density at radius 3 is 1.65 bits per heavy atom. The molecule has 0 radical (unpaired) electrons. The highest BCUT2D eigenvalue weighted by Crippen LogP contribution is 2.25. The maximum atomic E-state index is 12.9. The minimum absolute atomic E-state index is 0.269. The van der Waals surface area contributed by atoms with Crippen LogP contribution in [0.3, 0.4) is 0 Å². The van der Waals surface area contributed by atoms with Gasteiger partial charge in [0, 0.05) is 11.6 Å². The molecule has 1 amide bonds. The zero-order chi connectivity index (χ0) is 18.4. The molecule has 0 heterocycles. The van der Waals surface area contributed by atoms with Gasteiger partial charge in [-0.2, -0.15) is 0 Å². The third kappa shape index (κ3) is 3.95. The van der Waals surface area contributed by atoms with Crippen molar-refractivity contribution in [2.24, 2.45) is 0 Å². The molecule has 0 saturated carbocycles. The second-order valence-corrected chi connectivity index (χ2v) is 5.55. The summed E-state index contributed by atoms with van der Waals surface area (Å²) in [6, 6.07) is 24.3. The van der Waals surface area contributed by atoms with Crippen LogP contribution in [0.2, 0.25) is 0 Å². The first-order valence-electron chi connectivity index (χ1n) is 8.15. The molecule has 0 saturated heterocycles. The number of hydrazine groups is 1. The molecular weight excluding hydrogens is 328 g/mol. The van der Waals surface area contributed by atoms with Gasteiger partial charge in [-0.15, -0.1) is 0 Å². The van der Waals surface area contributed by atoms with Crippen molar-refractivity contribution >= 4 is 17.3 Å². The van der Waals surface area contributed by atoms with Gasteiger partial charge < -0.3 is 9.47 Å². The zero-order valence-corrected chi connectivity index (χ0v) is 14.7. The average molecular weight is 348 g/mol. The van der Waals surface area contributed by atoms with E-state index in [1.807, 2.05) is 60.7 Å². The van der Waals surface area contributed by atoms with Crippen LogP contribution >= 0.6 is 0 Å². The van der Waals surface area contributed by atoms with Gasteiger partial charge in [0.2, 0.25) is 0 Å². The first-order valence-corrected chi connectivity index (χ1v) is 8.15. The first-order chi connectivity index (χ1) is 12.7. The standard InChI is InChI=1S/C21H20N2O3/c1-25-19-13-16(14-20(15-19)26-2)21(24)22-23(17-9-5-3-6-10-17)18-11-7-4-8-12-18/h3-15H,1-2H3,(H,22,24). The number of amides is 1. The number of carbonyl (C=O) groups excluding carboxylic acids is 1. The van der Waals surface area contributed by atoms with Crippen LogP contribution in [0.15, 0.2) is 78.9 Å². The van der Waals surface area contributed by atoms with Gasteiger partial charge in [-0.05, 0) is 36.4 Å². The second-order valence-electron chi connectivity index (χ2n) is 5.55. The smallest absolute Gasteiger partial charge is 0.270 e. The molecule has 0 aliphatic rings. The van der Waals surface area contributed by atoms with Crippen molar-refractivity contribution in [3.8, 4) is 11.5 Å². The van der Waals surface area contributed by atoms with Crippen LogP contribution in [0.4, 0.5) is 11.4 Å². The van der Waals surface area contributed by atoms with Crippen LogP contribution in [0.5, 0.6) is 11.5 Å². The van der Waals surface area contributed by atoms with Crippen molar-refractivity contribution in [1.82, 2.24) is 5.43 Å². The highest BCUT2D eigenvalue weighted by molar-refractivity contribution is 5.96. The quantitative estimate of drug-likeness (QED) is 0.679. The Labute approximate surface area is 152 Å². The largest absolute Gasteiger partial charge is 0.497 e. The van der Waals surface area contributed by atoms with Gasteiger partial charge in [0.15, 0.2) is 0 Å². The van der Waals surface area contributed by atoms with E-state index in [0.717, 1.165) is 11.4 Å². The Hall–Kier alpha value is -3.47. The Balaban J connectivity index is 1.93. The fraction of sp³-hybridized carbons (Fsp3) is 0.0952. The molecular formula is C21H20N2O3. The van der Waals surface area contributed by atoms with E-state index >= 15 is 0 Å². The number of hydrogen-bond acceptors (Lipinski definition) is 4. The number of rotatable bonds is 6. The molecule has 26 heavy (non-hydrogen) atoms. The number of anilines is 2. The summed E-state index contributed by atoms with van der Waals surface area (Å²) in [7, 11) is 3.10. The zero-order valence-electron chi connectivity index (χ0n) is 14.7. The summed E-state index contributed by atoms with van der Waals surface area (Å²) in [6.07, 6.45) is 0. The molecule has 0 spiro atoms. The van der Waals surface area contributed by atoms with Crippen LogP contribution in [-0.4, -0.2) is 20.1 Å². The van der Waals surface area contributed by atoms with Crippen molar-refractivity contribution in [3.05, 3.63) is 84.4 Å². The Morgan fingerprint density at radius 1 is 0.769 bits per heavy atom. The van der Waals surface area contributed by atoms with Crippen LogP contribution in [0.1, 0.15) is 10.4 Å². The lowest BCUT2D eigenvalue weighted by Crippen LogP contribution is -2.38. The van der Waals surface area contributed by atoms with E-state index in [0.29, 0.717) is 17.1 Å². The summed E-state index contributed by atoms with van der Waals surface area (Å²) in [5, 5.41) is 1.74. The van der Waals surface area contributed by atoms with Gasteiger partial charge in [0.1, 0.15) is 11.5 Å². The normalized spacial score (nSPS) is 10.1. The number of nitrogens with one attached hydrogen (secondary N) is 1. The SMILES string of the molecule is COc1cc(OC)cc(C(=O)NN(c2ccccc2)c2ccccc2)c1. The maximum Gasteiger partial charge on any atom is 0.270 e. The summed E-state index contributed by atoms with van der Waals surface area (Å²) in [4.78, 5) is 12.9. The van der Waals surface area contributed by atoms with Gasteiger partial charge in [-0.1, -0.05) is 36.4 Å². The van der Waals surface area contributed by atoms with Crippen molar-refractivity contribution in [1.29, 1.82) is 0 Å². The fourth-order valence-corrected chi connectivity index (χ4v) is 2.54. The number of carbonyl (C=O) groups is 1. The topological polar surface area (TPSA) is 50.8 Å².